The average Bonchev–Trinajstić information content (AvgIpc) is 2.54. The third-order valence-electron chi connectivity index (χ3n) is 2.58. The second-order valence-corrected chi connectivity index (χ2v) is 3.92. The summed E-state index contributed by atoms with van der Waals surface area (Å²) in [5, 5.41) is 9.66. The third-order valence-corrected chi connectivity index (χ3v) is 2.58. The van der Waals surface area contributed by atoms with Crippen LogP contribution >= 0.6 is 0 Å². The van der Waals surface area contributed by atoms with Gasteiger partial charge in [-0.25, -0.2) is 0 Å². The van der Waals surface area contributed by atoms with E-state index in [9.17, 15) is 19.5 Å². The fourth-order valence-electron chi connectivity index (χ4n) is 1.77. The molecule has 0 unspecified atom stereocenters. The van der Waals surface area contributed by atoms with Gasteiger partial charge in [-0.05, 0) is 6.92 Å². The van der Waals surface area contributed by atoms with Crippen molar-refractivity contribution in [2.45, 2.75) is 20.0 Å². The molecule has 1 rings (SSSR count). The Hall–Kier alpha value is -1.63. The van der Waals surface area contributed by atoms with Crippen molar-refractivity contribution < 1.29 is 29.0 Å². The smallest absolute Gasteiger partial charge is 0.321 e. The molecular weight excluding hydrogens is 242 g/mol. The van der Waals surface area contributed by atoms with Gasteiger partial charge in [0, 0.05) is 13.5 Å². The molecule has 0 bridgehead atoms. The van der Waals surface area contributed by atoms with Crippen LogP contribution in [0.25, 0.3) is 0 Å². The SMILES string of the molecule is CCOC(=O)[C@@H]1C(=O)N(CCOC(C)=O)C[C@@H]1O. The zero-order chi connectivity index (χ0) is 13.7. The lowest BCUT2D eigenvalue weighted by molar-refractivity contribution is -0.155. The Morgan fingerprint density at radius 1 is 1.44 bits per heavy atom. The standard InChI is InChI=1S/C11H17NO6/c1-3-17-11(16)9-8(14)6-12(10(9)15)4-5-18-7(2)13/h8-9,14H,3-6H2,1-2H3/t8-,9-/m0/s1. The zero-order valence-electron chi connectivity index (χ0n) is 10.4. The van der Waals surface area contributed by atoms with E-state index in [1.165, 1.54) is 11.8 Å². The van der Waals surface area contributed by atoms with E-state index in [0.717, 1.165) is 0 Å². The van der Waals surface area contributed by atoms with Crippen molar-refractivity contribution in [3.05, 3.63) is 0 Å². The molecule has 0 saturated carbocycles. The number of hydrogen-bond donors (Lipinski definition) is 1. The maximum absolute atomic E-state index is 11.8. The average molecular weight is 259 g/mol. The fraction of sp³-hybridized carbons (Fsp3) is 0.727. The molecule has 1 aliphatic rings. The highest BCUT2D eigenvalue weighted by atomic mass is 16.5. The highest BCUT2D eigenvalue weighted by molar-refractivity contribution is 6.00. The van der Waals surface area contributed by atoms with Gasteiger partial charge in [0.1, 0.15) is 6.61 Å². The molecule has 1 N–H and O–H groups in total. The molecule has 0 aliphatic carbocycles. The van der Waals surface area contributed by atoms with E-state index in [1.54, 1.807) is 6.92 Å². The number of nitrogens with zero attached hydrogens (tertiary/aromatic N) is 1. The van der Waals surface area contributed by atoms with Crippen LogP contribution in [-0.2, 0) is 23.9 Å². The van der Waals surface area contributed by atoms with E-state index in [4.69, 9.17) is 9.47 Å². The molecule has 18 heavy (non-hydrogen) atoms. The number of hydrogen-bond acceptors (Lipinski definition) is 6. The molecule has 1 heterocycles. The topological polar surface area (TPSA) is 93.1 Å². The van der Waals surface area contributed by atoms with E-state index >= 15 is 0 Å². The van der Waals surface area contributed by atoms with Crippen molar-refractivity contribution in [3.8, 4) is 0 Å². The summed E-state index contributed by atoms with van der Waals surface area (Å²) in [6, 6.07) is 0. The summed E-state index contributed by atoms with van der Waals surface area (Å²) >= 11 is 0. The van der Waals surface area contributed by atoms with E-state index < -0.39 is 29.9 Å². The first-order valence-electron chi connectivity index (χ1n) is 5.74. The summed E-state index contributed by atoms with van der Waals surface area (Å²) in [6.07, 6.45) is -1.08. The van der Waals surface area contributed by atoms with Crippen LogP contribution in [0.4, 0.5) is 0 Å². The van der Waals surface area contributed by atoms with E-state index in [1.807, 2.05) is 0 Å². The van der Waals surface area contributed by atoms with E-state index in [-0.39, 0.29) is 26.3 Å². The second-order valence-electron chi connectivity index (χ2n) is 3.92. The first-order valence-corrected chi connectivity index (χ1v) is 5.74. The Kier molecular flexibility index (Phi) is 5.08. The highest BCUT2D eigenvalue weighted by Crippen LogP contribution is 2.20. The molecule has 0 aromatic heterocycles. The van der Waals surface area contributed by atoms with Gasteiger partial charge in [0.15, 0.2) is 5.92 Å². The zero-order valence-corrected chi connectivity index (χ0v) is 10.4. The molecule has 0 aromatic carbocycles. The van der Waals surface area contributed by atoms with Gasteiger partial charge < -0.3 is 19.5 Å². The molecule has 0 spiro atoms. The minimum atomic E-state index is -1.16. The molecule has 2 atom stereocenters. The molecule has 1 saturated heterocycles. The molecule has 1 amide bonds. The third kappa shape index (κ3) is 3.43. The molecule has 7 nitrogen and oxygen atoms in total. The predicted molar refractivity (Wildman–Crippen MR) is 59.3 cm³/mol. The highest BCUT2D eigenvalue weighted by Gasteiger charge is 2.45. The Morgan fingerprint density at radius 2 is 2.11 bits per heavy atom. The number of carbonyl (C=O) groups is 3. The van der Waals surface area contributed by atoms with Gasteiger partial charge in [-0.2, -0.15) is 0 Å². The molecule has 102 valence electrons. The number of aliphatic hydroxyl groups excluding tert-OH is 1. The molecule has 1 fully saturated rings. The number of β-amino-alcohol motifs (C(OH)–C–C–N with tert-alkyl or cyclic N) is 1. The lowest BCUT2D eigenvalue weighted by atomic mass is 10.1. The summed E-state index contributed by atoms with van der Waals surface area (Å²) in [5.41, 5.74) is 0. The maximum atomic E-state index is 11.8. The van der Waals surface area contributed by atoms with Gasteiger partial charge in [-0.1, -0.05) is 0 Å². The summed E-state index contributed by atoms with van der Waals surface area (Å²) in [5.74, 6) is -2.82. The largest absolute Gasteiger partial charge is 0.465 e. The number of rotatable bonds is 5. The summed E-state index contributed by atoms with van der Waals surface area (Å²) < 4.78 is 9.43. The summed E-state index contributed by atoms with van der Waals surface area (Å²) in [4.78, 5) is 35.2. The van der Waals surface area contributed by atoms with Gasteiger partial charge in [-0.15, -0.1) is 0 Å². The molecule has 7 heteroatoms. The fourth-order valence-corrected chi connectivity index (χ4v) is 1.77. The van der Waals surface area contributed by atoms with Crippen molar-refractivity contribution in [1.82, 2.24) is 4.90 Å². The van der Waals surface area contributed by atoms with Crippen LogP contribution in [0.5, 0.6) is 0 Å². The van der Waals surface area contributed by atoms with Crippen LogP contribution in [0.2, 0.25) is 0 Å². The van der Waals surface area contributed by atoms with Crippen molar-refractivity contribution in [3.63, 3.8) is 0 Å². The van der Waals surface area contributed by atoms with Crippen molar-refractivity contribution in [1.29, 1.82) is 0 Å². The number of amides is 1. The van der Waals surface area contributed by atoms with Crippen LogP contribution < -0.4 is 0 Å². The first kappa shape index (κ1) is 14.4. The monoisotopic (exact) mass is 259 g/mol. The van der Waals surface area contributed by atoms with E-state index in [2.05, 4.69) is 0 Å². The van der Waals surface area contributed by atoms with E-state index in [0.29, 0.717) is 0 Å². The van der Waals surface area contributed by atoms with Crippen molar-refractivity contribution in [2.24, 2.45) is 5.92 Å². The van der Waals surface area contributed by atoms with Crippen molar-refractivity contribution >= 4 is 17.8 Å². The van der Waals surface area contributed by atoms with Crippen LogP contribution in [0, 0.1) is 5.92 Å². The lowest BCUT2D eigenvalue weighted by Gasteiger charge is -2.15. The Balaban J connectivity index is 2.52. The van der Waals surface area contributed by atoms with Crippen LogP contribution in [0.3, 0.4) is 0 Å². The van der Waals surface area contributed by atoms with Gasteiger partial charge >= 0.3 is 11.9 Å². The van der Waals surface area contributed by atoms with Gasteiger partial charge in [0.2, 0.25) is 5.91 Å². The summed E-state index contributed by atoms with van der Waals surface area (Å²) in [6.45, 7) is 3.30. The second kappa shape index (κ2) is 6.34. The number of esters is 2. The summed E-state index contributed by atoms with van der Waals surface area (Å²) in [7, 11) is 0. The van der Waals surface area contributed by atoms with Crippen LogP contribution in [-0.4, -0.2) is 60.3 Å². The number of ether oxygens (including phenoxy) is 2. The first-order chi connectivity index (χ1) is 8.47. The van der Waals surface area contributed by atoms with Gasteiger partial charge in [0.05, 0.1) is 19.3 Å². The normalized spacial score (nSPS) is 23.1. The molecule has 1 aliphatic heterocycles. The number of likely N-dealkylation sites (tertiary alicyclic amines) is 1. The van der Waals surface area contributed by atoms with Crippen molar-refractivity contribution in [2.75, 3.05) is 26.3 Å². The molecule has 0 radical (unpaired) electrons. The van der Waals surface area contributed by atoms with Gasteiger partial charge in [-0.3, -0.25) is 14.4 Å². The van der Waals surface area contributed by atoms with Crippen LogP contribution in [0.1, 0.15) is 13.8 Å². The quantitative estimate of drug-likeness (QED) is 0.499. The Morgan fingerprint density at radius 3 is 2.67 bits per heavy atom. The number of aliphatic hydroxyl groups is 1. The Bertz CT molecular complexity index is 342. The lowest BCUT2D eigenvalue weighted by Crippen LogP contribution is -2.34. The van der Waals surface area contributed by atoms with Crippen LogP contribution in [0.15, 0.2) is 0 Å². The molecule has 0 aromatic rings. The number of carbonyl (C=O) groups excluding carboxylic acids is 3. The van der Waals surface area contributed by atoms with Gasteiger partial charge in [0.25, 0.3) is 0 Å². The predicted octanol–water partition coefficient (Wildman–Crippen LogP) is -1.07. The minimum Gasteiger partial charge on any atom is -0.465 e. The Labute approximate surface area is 105 Å². The maximum Gasteiger partial charge on any atom is 0.321 e. The molecular formula is C11H17NO6. The minimum absolute atomic E-state index is 0.0450.